The lowest BCUT2D eigenvalue weighted by atomic mass is 10.1. The van der Waals surface area contributed by atoms with Crippen LogP contribution in [0.1, 0.15) is 23.2 Å². The molecule has 0 saturated heterocycles. The number of nitro benzene ring substituents is 1. The van der Waals surface area contributed by atoms with Crippen LogP contribution >= 0.6 is 0 Å². The maximum absolute atomic E-state index is 11.9. The van der Waals surface area contributed by atoms with Gasteiger partial charge in [0.2, 0.25) is 0 Å². The zero-order valence-corrected chi connectivity index (χ0v) is 10.5. The number of carboxylic acid groups (broad SMARTS) is 1. The van der Waals surface area contributed by atoms with Crippen LogP contribution in [0.4, 0.5) is 11.4 Å². The minimum Gasteiger partial charge on any atom is -0.481 e. The summed E-state index contributed by atoms with van der Waals surface area (Å²) in [5.74, 6) is -1.50. The summed E-state index contributed by atoms with van der Waals surface area (Å²) in [4.78, 5) is 32.9. The van der Waals surface area contributed by atoms with Crippen LogP contribution < -0.4 is 11.1 Å². The number of nitrogens with one attached hydrogen (secondary N) is 1. The van der Waals surface area contributed by atoms with Gasteiger partial charge in [-0.2, -0.15) is 0 Å². The molecule has 1 aliphatic rings. The van der Waals surface area contributed by atoms with Crippen molar-refractivity contribution in [3.05, 3.63) is 33.9 Å². The molecule has 0 radical (unpaired) electrons. The highest BCUT2D eigenvalue weighted by atomic mass is 16.6. The predicted molar refractivity (Wildman–Crippen MR) is 69.1 cm³/mol. The third-order valence-electron chi connectivity index (χ3n) is 3.38. The summed E-state index contributed by atoms with van der Waals surface area (Å²) in [5.41, 5.74) is 4.25. The Balaban J connectivity index is 2.08. The number of nitro groups is 1. The van der Waals surface area contributed by atoms with E-state index >= 15 is 0 Å². The summed E-state index contributed by atoms with van der Waals surface area (Å²) in [6, 6.07) is 3.71. The second kappa shape index (κ2) is 4.80. The van der Waals surface area contributed by atoms with Crippen LogP contribution in [0.5, 0.6) is 0 Å². The number of amides is 1. The predicted octanol–water partition coefficient (Wildman–Crippen LogP) is 0.772. The number of hydrogen-bond donors (Lipinski definition) is 3. The Morgan fingerprint density at radius 2 is 2.10 bits per heavy atom. The van der Waals surface area contributed by atoms with Gasteiger partial charge in [0.05, 0.1) is 10.3 Å². The topological polar surface area (TPSA) is 136 Å². The lowest BCUT2D eigenvalue weighted by molar-refractivity contribution is -0.383. The van der Waals surface area contributed by atoms with Crippen molar-refractivity contribution >= 4 is 23.3 Å². The molecule has 1 aromatic rings. The van der Waals surface area contributed by atoms with E-state index in [2.05, 4.69) is 5.32 Å². The molecular formula is C12H13N3O5. The van der Waals surface area contributed by atoms with Gasteiger partial charge in [-0.15, -0.1) is 0 Å². The Labute approximate surface area is 113 Å². The Hall–Kier alpha value is -2.64. The highest BCUT2D eigenvalue weighted by Gasteiger charge is 2.50. The van der Waals surface area contributed by atoms with Gasteiger partial charge >= 0.3 is 5.97 Å². The minimum atomic E-state index is -0.943. The van der Waals surface area contributed by atoms with Crippen molar-refractivity contribution in [1.82, 2.24) is 5.32 Å². The Morgan fingerprint density at radius 1 is 1.45 bits per heavy atom. The molecule has 0 spiro atoms. The normalized spacial score (nSPS) is 15.4. The summed E-state index contributed by atoms with van der Waals surface area (Å²) >= 11 is 0. The van der Waals surface area contributed by atoms with Crippen LogP contribution in [-0.4, -0.2) is 28.5 Å². The van der Waals surface area contributed by atoms with Gasteiger partial charge in [-0.1, -0.05) is 0 Å². The molecular weight excluding hydrogens is 266 g/mol. The second-order valence-electron chi connectivity index (χ2n) is 4.80. The smallest absolute Gasteiger partial charge is 0.311 e. The highest BCUT2D eigenvalue weighted by molar-refractivity contribution is 5.96. The standard InChI is InChI=1S/C12H13N3O5/c13-8-2-1-7(5-9(8)15(19)20)10(16)14-6-12(3-4-12)11(17)18/h1-2,5H,3-4,6,13H2,(H,14,16)(H,17,18). The first kappa shape index (κ1) is 13.8. The first-order valence-corrected chi connectivity index (χ1v) is 5.91. The first-order chi connectivity index (χ1) is 9.35. The molecule has 0 bridgehead atoms. The summed E-state index contributed by atoms with van der Waals surface area (Å²) in [5, 5.41) is 22.2. The van der Waals surface area contributed by atoms with Gasteiger partial charge in [0.1, 0.15) is 5.69 Å². The molecule has 0 aromatic heterocycles. The van der Waals surface area contributed by atoms with Crippen LogP contribution in [0.3, 0.4) is 0 Å². The van der Waals surface area contributed by atoms with E-state index < -0.39 is 22.2 Å². The van der Waals surface area contributed by atoms with Crippen molar-refractivity contribution in [2.45, 2.75) is 12.8 Å². The number of carbonyl (C=O) groups excluding carboxylic acids is 1. The third-order valence-corrected chi connectivity index (χ3v) is 3.38. The van der Waals surface area contributed by atoms with E-state index in [9.17, 15) is 19.7 Å². The number of nitrogen functional groups attached to an aromatic ring is 1. The average Bonchev–Trinajstić information content (AvgIpc) is 3.17. The fourth-order valence-electron chi connectivity index (χ4n) is 1.81. The van der Waals surface area contributed by atoms with Crippen LogP contribution in [0, 0.1) is 15.5 Å². The van der Waals surface area contributed by atoms with Gasteiger partial charge in [-0.25, -0.2) is 0 Å². The van der Waals surface area contributed by atoms with E-state index in [1.807, 2.05) is 0 Å². The lowest BCUT2D eigenvalue weighted by Crippen LogP contribution is -2.34. The monoisotopic (exact) mass is 279 g/mol. The number of aliphatic carboxylic acids is 1. The Morgan fingerprint density at radius 3 is 2.60 bits per heavy atom. The van der Waals surface area contributed by atoms with Gasteiger partial charge < -0.3 is 16.2 Å². The first-order valence-electron chi connectivity index (χ1n) is 5.91. The molecule has 20 heavy (non-hydrogen) atoms. The summed E-state index contributed by atoms with van der Waals surface area (Å²) in [6.07, 6.45) is 1.04. The maximum Gasteiger partial charge on any atom is 0.311 e. The van der Waals surface area contributed by atoms with Crippen molar-refractivity contribution in [2.75, 3.05) is 12.3 Å². The average molecular weight is 279 g/mol. The van der Waals surface area contributed by atoms with Gasteiger partial charge in [0.15, 0.2) is 0 Å². The zero-order valence-electron chi connectivity index (χ0n) is 10.5. The van der Waals surface area contributed by atoms with E-state index in [-0.39, 0.29) is 23.5 Å². The summed E-state index contributed by atoms with van der Waals surface area (Å²) < 4.78 is 0. The van der Waals surface area contributed by atoms with E-state index in [4.69, 9.17) is 10.8 Å². The SMILES string of the molecule is Nc1ccc(C(=O)NCC2(C(=O)O)CC2)cc1[N+](=O)[O-]. The molecule has 1 fully saturated rings. The van der Waals surface area contributed by atoms with Crippen molar-refractivity contribution in [1.29, 1.82) is 0 Å². The molecule has 1 aromatic carbocycles. The van der Waals surface area contributed by atoms with Crippen LogP contribution in [0.15, 0.2) is 18.2 Å². The molecule has 8 heteroatoms. The van der Waals surface area contributed by atoms with Crippen LogP contribution in [-0.2, 0) is 4.79 Å². The molecule has 0 heterocycles. The number of anilines is 1. The zero-order chi connectivity index (χ0) is 14.9. The number of carbonyl (C=O) groups is 2. The van der Waals surface area contributed by atoms with Gasteiger partial charge in [-0.3, -0.25) is 19.7 Å². The summed E-state index contributed by atoms with van der Waals surface area (Å²) in [6.45, 7) is 0.0132. The second-order valence-corrected chi connectivity index (χ2v) is 4.80. The summed E-state index contributed by atoms with van der Waals surface area (Å²) in [7, 11) is 0. The number of rotatable bonds is 5. The molecule has 0 atom stereocenters. The van der Waals surface area contributed by atoms with Crippen molar-refractivity contribution in [3.8, 4) is 0 Å². The molecule has 2 rings (SSSR count). The van der Waals surface area contributed by atoms with E-state index in [1.54, 1.807) is 0 Å². The molecule has 1 saturated carbocycles. The number of carboxylic acids is 1. The number of nitrogens with two attached hydrogens (primary N) is 1. The Bertz CT molecular complexity index is 595. The quantitative estimate of drug-likeness (QED) is 0.414. The van der Waals surface area contributed by atoms with Gasteiger partial charge in [-0.05, 0) is 25.0 Å². The molecule has 8 nitrogen and oxygen atoms in total. The number of hydrogen-bond acceptors (Lipinski definition) is 5. The molecule has 0 aliphatic heterocycles. The highest BCUT2D eigenvalue weighted by Crippen LogP contribution is 2.45. The van der Waals surface area contributed by atoms with E-state index in [1.165, 1.54) is 12.1 Å². The van der Waals surface area contributed by atoms with E-state index in [0.29, 0.717) is 12.8 Å². The van der Waals surface area contributed by atoms with Crippen molar-refractivity contribution < 1.29 is 19.6 Å². The fraction of sp³-hybridized carbons (Fsp3) is 0.333. The maximum atomic E-state index is 11.9. The third kappa shape index (κ3) is 2.53. The molecule has 106 valence electrons. The Kier molecular flexibility index (Phi) is 3.31. The van der Waals surface area contributed by atoms with Crippen LogP contribution in [0.2, 0.25) is 0 Å². The molecule has 1 amide bonds. The molecule has 4 N–H and O–H groups in total. The van der Waals surface area contributed by atoms with E-state index in [0.717, 1.165) is 6.07 Å². The molecule has 1 aliphatic carbocycles. The molecule has 0 unspecified atom stereocenters. The van der Waals surface area contributed by atoms with Crippen molar-refractivity contribution in [3.63, 3.8) is 0 Å². The lowest BCUT2D eigenvalue weighted by Gasteiger charge is -2.11. The number of nitrogens with zero attached hydrogens (tertiary/aromatic N) is 1. The van der Waals surface area contributed by atoms with Crippen LogP contribution in [0.25, 0.3) is 0 Å². The largest absolute Gasteiger partial charge is 0.481 e. The van der Waals surface area contributed by atoms with Gasteiger partial charge in [0, 0.05) is 18.2 Å². The number of benzene rings is 1. The fourth-order valence-corrected chi connectivity index (χ4v) is 1.81. The van der Waals surface area contributed by atoms with Crippen molar-refractivity contribution in [2.24, 2.45) is 5.41 Å². The van der Waals surface area contributed by atoms with Gasteiger partial charge in [0.25, 0.3) is 11.6 Å². The minimum absolute atomic E-state index is 0.0132.